The summed E-state index contributed by atoms with van der Waals surface area (Å²) in [6, 6.07) is 0. The lowest BCUT2D eigenvalue weighted by molar-refractivity contribution is -0.141. The van der Waals surface area contributed by atoms with Gasteiger partial charge in [0.2, 0.25) is 0 Å². The van der Waals surface area contributed by atoms with Gasteiger partial charge in [0.05, 0.1) is 6.61 Å². The van der Waals surface area contributed by atoms with E-state index in [9.17, 15) is 9.59 Å². The molecule has 0 aliphatic rings. The maximum Gasteiger partial charge on any atom is 0.330 e. The molecule has 0 aliphatic heterocycles. The third-order valence-electron chi connectivity index (χ3n) is 1.08. The number of ether oxygens (including phenoxy) is 1. The minimum Gasteiger partial charge on any atom is -0.481 e. The molecule has 0 bridgehead atoms. The molecule has 0 heterocycles. The van der Waals surface area contributed by atoms with Gasteiger partial charge in [0, 0.05) is 12.5 Å². The summed E-state index contributed by atoms with van der Waals surface area (Å²) in [5, 5.41) is 8.23. The van der Waals surface area contributed by atoms with Crippen molar-refractivity contribution in [3.05, 3.63) is 12.2 Å². The fourth-order valence-corrected chi connectivity index (χ4v) is 0.580. The number of rotatable bonds is 5. The summed E-state index contributed by atoms with van der Waals surface area (Å²) >= 11 is 0. The number of carbonyl (C=O) groups is 2. The molecule has 0 aromatic carbocycles. The van der Waals surface area contributed by atoms with Crippen molar-refractivity contribution in [2.75, 3.05) is 6.61 Å². The zero-order chi connectivity index (χ0) is 9.40. The van der Waals surface area contributed by atoms with Crippen molar-refractivity contribution in [2.24, 2.45) is 0 Å². The van der Waals surface area contributed by atoms with Gasteiger partial charge in [-0.05, 0) is 13.3 Å². The maximum absolute atomic E-state index is 10.6. The van der Waals surface area contributed by atoms with Crippen molar-refractivity contribution in [3.63, 3.8) is 0 Å². The Morgan fingerprint density at radius 2 is 2.17 bits per heavy atom. The molecule has 68 valence electrons. The fraction of sp³-hybridized carbons (Fsp3) is 0.500. The van der Waals surface area contributed by atoms with Crippen LogP contribution in [0.2, 0.25) is 0 Å². The Balaban J connectivity index is 3.31. The standard InChI is InChI=1S/C8H12O4/c1-2-4-8(11)12-6-3-5-7(9)10/h2,4H,3,5-6H2,1H3,(H,9,10). The molecule has 0 saturated heterocycles. The maximum atomic E-state index is 10.6. The normalized spacial score (nSPS) is 10.1. The van der Waals surface area contributed by atoms with Gasteiger partial charge in [0.1, 0.15) is 0 Å². The molecule has 0 aromatic heterocycles. The van der Waals surface area contributed by atoms with Gasteiger partial charge in [-0.25, -0.2) is 4.79 Å². The summed E-state index contributed by atoms with van der Waals surface area (Å²) in [6.07, 6.45) is 3.25. The molecule has 1 N–H and O–H groups in total. The van der Waals surface area contributed by atoms with Gasteiger partial charge < -0.3 is 9.84 Å². The lowest BCUT2D eigenvalue weighted by Gasteiger charge is -1.98. The van der Waals surface area contributed by atoms with Crippen LogP contribution in [0.15, 0.2) is 12.2 Å². The molecule has 0 aromatic rings. The molecule has 0 unspecified atom stereocenters. The minimum absolute atomic E-state index is 0.0309. The van der Waals surface area contributed by atoms with E-state index in [-0.39, 0.29) is 13.0 Å². The van der Waals surface area contributed by atoms with Crippen LogP contribution < -0.4 is 0 Å². The van der Waals surface area contributed by atoms with E-state index in [2.05, 4.69) is 4.74 Å². The highest BCUT2D eigenvalue weighted by atomic mass is 16.5. The van der Waals surface area contributed by atoms with E-state index in [0.29, 0.717) is 6.42 Å². The van der Waals surface area contributed by atoms with Crippen molar-refractivity contribution in [1.82, 2.24) is 0 Å². The smallest absolute Gasteiger partial charge is 0.330 e. The van der Waals surface area contributed by atoms with Crippen molar-refractivity contribution in [2.45, 2.75) is 19.8 Å². The molecule has 0 atom stereocenters. The first-order valence-electron chi connectivity index (χ1n) is 3.68. The lowest BCUT2D eigenvalue weighted by Crippen LogP contribution is -2.04. The quantitative estimate of drug-likeness (QED) is 0.381. The number of hydrogen-bond acceptors (Lipinski definition) is 3. The van der Waals surface area contributed by atoms with Crippen LogP contribution in [0.25, 0.3) is 0 Å². The summed E-state index contributed by atoms with van der Waals surface area (Å²) in [4.78, 5) is 20.6. The van der Waals surface area contributed by atoms with Crippen molar-refractivity contribution in [3.8, 4) is 0 Å². The number of carboxylic acid groups (broad SMARTS) is 1. The summed E-state index contributed by atoms with van der Waals surface area (Å²) in [7, 11) is 0. The molecule has 0 fully saturated rings. The third-order valence-corrected chi connectivity index (χ3v) is 1.08. The van der Waals surface area contributed by atoms with E-state index in [4.69, 9.17) is 5.11 Å². The topological polar surface area (TPSA) is 63.6 Å². The summed E-state index contributed by atoms with van der Waals surface area (Å²) in [5.41, 5.74) is 0. The predicted molar refractivity (Wildman–Crippen MR) is 42.6 cm³/mol. The zero-order valence-corrected chi connectivity index (χ0v) is 6.95. The van der Waals surface area contributed by atoms with Crippen molar-refractivity contribution < 1.29 is 19.4 Å². The van der Waals surface area contributed by atoms with E-state index in [1.54, 1.807) is 13.0 Å². The van der Waals surface area contributed by atoms with Crippen LogP contribution in [0.4, 0.5) is 0 Å². The first kappa shape index (κ1) is 10.7. The van der Waals surface area contributed by atoms with Crippen LogP contribution in [-0.4, -0.2) is 23.7 Å². The Morgan fingerprint density at radius 1 is 1.50 bits per heavy atom. The van der Waals surface area contributed by atoms with Gasteiger partial charge in [-0.15, -0.1) is 0 Å². The molecule has 0 saturated carbocycles. The first-order valence-corrected chi connectivity index (χ1v) is 3.68. The Kier molecular flexibility index (Phi) is 5.69. The highest BCUT2D eigenvalue weighted by Gasteiger charge is 1.98. The van der Waals surface area contributed by atoms with Gasteiger partial charge in [-0.1, -0.05) is 6.08 Å². The van der Waals surface area contributed by atoms with Crippen molar-refractivity contribution >= 4 is 11.9 Å². The zero-order valence-electron chi connectivity index (χ0n) is 6.95. The number of carbonyl (C=O) groups excluding carboxylic acids is 1. The Bertz CT molecular complexity index is 183. The van der Waals surface area contributed by atoms with Crippen molar-refractivity contribution in [1.29, 1.82) is 0 Å². The average Bonchev–Trinajstić information content (AvgIpc) is 1.98. The van der Waals surface area contributed by atoms with Crippen LogP contribution in [0, 0.1) is 0 Å². The van der Waals surface area contributed by atoms with Crippen LogP contribution in [0.3, 0.4) is 0 Å². The number of esters is 1. The molecule has 0 amide bonds. The van der Waals surface area contributed by atoms with E-state index in [1.165, 1.54) is 6.08 Å². The average molecular weight is 172 g/mol. The van der Waals surface area contributed by atoms with E-state index >= 15 is 0 Å². The Hall–Kier alpha value is -1.32. The number of carboxylic acids is 1. The molecule has 0 spiro atoms. The lowest BCUT2D eigenvalue weighted by atomic mass is 10.3. The molecule has 4 heteroatoms. The first-order chi connectivity index (χ1) is 5.66. The molecule has 0 radical (unpaired) electrons. The van der Waals surface area contributed by atoms with Crippen LogP contribution in [-0.2, 0) is 14.3 Å². The van der Waals surface area contributed by atoms with Crippen LogP contribution >= 0.6 is 0 Å². The van der Waals surface area contributed by atoms with E-state index < -0.39 is 11.9 Å². The summed E-state index contributed by atoms with van der Waals surface area (Å²) < 4.78 is 4.64. The van der Waals surface area contributed by atoms with E-state index in [0.717, 1.165) is 0 Å². The van der Waals surface area contributed by atoms with Gasteiger partial charge in [-0.3, -0.25) is 4.79 Å². The Morgan fingerprint density at radius 3 is 2.67 bits per heavy atom. The second-order valence-electron chi connectivity index (χ2n) is 2.16. The number of allylic oxidation sites excluding steroid dienone is 1. The molecule has 12 heavy (non-hydrogen) atoms. The second-order valence-corrected chi connectivity index (χ2v) is 2.16. The van der Waals surface area contributed by atoms with Gasteiger partial charge in [0.15, 0.2) is 0 Å². The minimum atomic E-state index is -0.878. The SMILES string of the molecule is CC=CC(=O)OCCCC(=O)O. The third kappa shape index (κ3) is 6.80. The van der Waals surface area contributed by atoms with E-state index in [1.807, 2.05) is 0 Å². The van der Waals surface area contributed by atoms with Crippen LogP contribution in [0.5, 0.6) is 0 Å². The summed E-state index contributed by atoms with van der Waals surface area (Å²) in [6.45, 7) is 1.87. The predicted octanol–water partition coefficient (Wildman–Crippen LogP) is 0.971. The molecule has 0 aliphatic carbocycles. The second kappa shape index (κ2) is 6.39. The molecular weight excluding hydrogens is 160 g/mol. The monoisotopic (exact) mass is 172 g/mol. The molecule has 0 rings (SSSR count). The molecule has 4 nitrogen and oxygen atoms in total. The van der Waals surface area contributed by atoms with Crippen LogP contribution in [0.1, 0.15) is 19.8 Å². The highest BCUT2D eigenvalue weighted by Crippen LogP contribution is 1.91. The largest absolute Gasteiger partial charge is 0.481 e. The number of hydrogen-bond donors (Lipinski definition) is 1. The highest BCUT2D eigenvalue weighted by molar-refractivity contribution is 5.81. The van der Waals surface area contributed by atoms with Gasteiger partial charge in [0.25, 0.3) is 0 Å². The summed E-state index contributed by atoms with van der Waals surface area (Å²) in [5.74, 6) is -1.31. The number of aliphatic carboxylic acids is 1. The molecular formula is C8H12O4. The van der Waals surface area contributed by atoms with Gasteiger partial charge in [-0.2, -0.15) is 0 Å². The Labute approximate surface area is 70.8 Å². The van der Waals surface area contributed by atoms with Gasteiger partial charge >= 0.3 is 11.9 Å². The fourth-order valence-electron chi connectivity index (χ4n) is 0.580.